The Bertz CT molecular complexity index is 996. The van der Waals surface area contributed by atoms with Crippen LogP contribution in [-0.4, -0.2) is 87.5 Å². The summed E-state index contributed by atoms with van der Waals surface area (Å²) in [6.07, 6.45) is 1.10. The van der Waals surface area contributed by atoms with Gasteiger partial charge in [0.1, 0.15) is 11.8 Å². The van der Waals surface area contributed by atoms with Gasteiger partial charge in [0.15, 0.2) is 5.79 Å². The van der Waals surface area contributed by atoms with Crippen molar-refractivity contribution in [1.82, 2.24) is 26.6 Å². The zero-order valence-electron chi connectivity index (χ0n) is 26.5. The molecule has 1 aromatic carbocycles. The Hall–Kier alpha value is -3.22. The van der Waals surface area contributed by atoms with Crippen molar-refractivity contribution in [3.63, 3.8) is 0 Å². The van der Waals surface area contributed by atoms with Crippen LogP contribution in [0.4, 0.5) is 0 Å². The molecule has 0 bridgehead atoms. The Morgan fingerprint density at radius 1 is 0.833 bits per heavy atom. The average molecular weight is 594 g/mol. The van der Waals surface area contributed by atoms with Crippen LogP contribution in [0.25, 0.3) is 0 Å². The Balaban J connectivity index is 2.29. The second kappa shape index (κ2) is 18.3. The van der Waals surface area contributed by atoms with E-state index in [9.17, 15) is 19.2 Å². The summed E-state index contributed by atoms with van der Waals surface area (Å²) in [5.74, 6) is -1.12. The van der Waals surface area contributed by atoms with Crippen LogP contribution in [0, 0.1) is 5.92 Å². The number of methoxy groups -OCH3 is 1. The molecule has 238 valence electrons. The number of hydrogen-bond donors (Lipinski definition) is 5. The van der Waals surface area contributed by atoms with Crippen molar-refractivity contribution >= 4 is 23.6 Å². The molecule has 42 heavy (non-hydrogen) atoms. The van der Waals surface area contributed by atoms with Gasteiger partial charge in [0.05, 0.1) is 25.9 Å². The number of rotatable bonds is 20. The second-order valence-corrected chi connectivity index (χ2v) is 11.2. The van der Waals surface area contributed by atoms with Crippen LogP contribution in [0.15, 0.2) is 24.3 Å². The van der Waals surface area contributed by atoms with E-state index >= 15 is 0 Å². The number of hydrogen-bond acceptors (Lipinski definition) is 8. The van der Waals surface area contributed by atoms with Gasteiger partial charge in [0.2, 0.25) is 17.7 Å². The summed E-state index contributed by atoms with van der Waals surface area (Å²) in [6.45, 7) is 14.4. The predicted octanol–water partition coefficient (Wildman–Crippen LogP) is 1.74. The Morgan fingerprint density at radius 2 is 1.43 bits per heavy atom. The molecule has 0 aliphatic heterocycles. The lowest BCUT2D eigenvalue weighted by molar-refractivity contribution is -0.211. The highest BCUT2D eigenvalue weighted by Crippen LogP contribution is 2.12. The lowest BCUT2D eigenvalue weighted by Crippen LogP contribution is -2.54. The molecule has 1 aromatic rings. The van der Waals surface area contributed by atoms with Gasteiger partial charge >= 0.3 is 0 Å². The first kappa shape index (κ1) is 36.8. The maximum atomic E-state index is 12.7. The van der Waals surface area contributed by atoms with Crippen molar-refractivity contribution in [2.45, 2.75) is 78.7 Å². The van der Waals surface area contributed by atoms with E-state index in [1.807, 2.05) is 20.8 Å². The highest BCUT2D eigenvalue weighted by Gasteiger charge is 2.27. The fraction of sp³-hybridized carbons (Fsp3) is 0.667. The third kappa shape index (κ3) is 14.1. The van der Waals surface area contributed by atoms with Crippen LogP contribution in [0.1, 0.15) is 71.7 Å². The fourth-order valence-corrected chi connectivity index (χ4v) is 3.79. The fourth-order valence-electron chi connectivity index (χ4n) is 3.79. The molecule has 0 saturated carbocycles. The summed E-state index contributed by atoms with van der Waals surface area (Å²) >= 11 is 0. The summed E-state index contributed by atoms with van der Waals surface area (Å²) in [4.78, 5) is 49.3. The zero-order valence-corrected chi connectivity index (χ0v) is 26.5. The molecule has 12 nitrogen and oxygen atoms in total. The second-order valence-electron chi connectivity index (χ2n) is 11.2. The van der Waals surface area contributed by atoms with Gasteiger partial charge in [0, 0.05) is 38.2 Å². The van der Waals surface area contributed by atoms with E-state index < -0.39 is 17.4 Å². The van der Waals surface area contributed by atoms with E-state index in [4.69, 9.17) is 14.2 Å². The summed E-state index contributed by atoms with van der Waals surface area (Å²) in [6, 6.07) is 6.21. The molecule has 0 radical (unpaired) electrons. The molecule has 0 spiro atoms. The van der Waals surface area contributed by atoms with Gasteiger partial charge in [-0.3, -0.25) is 19.2 Å². The molecule has 0 saturated heterocycles. The van der Waals surface area contributed by atoms with Crippen LogP contribution in [-0.2, 0) is 23.9 Å². The van der Waals surface area contributed by atoms with Crippen LogP contribution in [0.2, 0.25) is 0 Å². The molecular weight excluding hydrogens is 542 g/mol. The van der Waals surface area contributed by atoms with Gasteiger partial charge in [-0.25, -0.2) is 0 Å². The van der Waals surface area contributed by atoms with E-state index in [0.29, 0.717) is 37.2 Å². The van der Waals surface area contributed by atoms with Crippen molar-refractivity contribution in [1.29, 1.82) is 0 Å². The standard InChI is InChI=1S/C30H51N5O7/c1-9-10-24(36)35-25(21(2)3)27(38)32-17-19-41-30(6,7)42-20-18-33-28(39)29(4,5)34-16-15-31-26(37)22-11-13-23(40-8)14-12-22/h11-14,21,25,34H,9-10,15-20H2,1-8H3,(H,31,37)(H,32,38)(H,33,39)(H,35,36). The van der Waals surface area contributed by atoms with E-state index in [0.717, 1.165) is 0 Å². The number of benzene rings is 1. The van der Waals surface area contributed by atoms with Crippen molar-refractivity contribution in [3.05, 3.63) is 29.8 Å². The number of ether oxygens (including phenoxy) is 3. The number of nitrogens with one attached hydrogen (secondary N) is 5. The minimum absolute atomic E-state index is 0.0483. The molecule has 0 aliphatic carbocycles. The average Bonchev–Trinajstić information content (AvgIpc) is 2.94. The van der Waals surface area contributed by atoms with E-state index in [2.05, 4.69) is 26.6 Å². The maximum absolute atomic E-state index is 12.7. The smallest absolute Gasteiger partial charge is 0.251 e. The molecule has 0 fully saturated rings. The highest BCUT2D eigenvalue weighted by atomic mass is 16.7. The molecule has 12 heteroatoms. The van der Waals surface area contributed by atoms with Crippen molar-refractivity contribution in [3.8, 4) is 5.75 Å². The van der Waals surface area contributed by atoms with Crippen LogP contribution >= 0.6 is 0 Å². The van der Waals surface area contributed by atoms with Crippen molar-refractivity contribution < 1.29 is 33.4 Å². The van der Waals surface area contributed by atoms with E-state index in [1.54, 1.807) is 59.1 Å². The lowest BCUT2D eigenvalue weighted by Gasteiger charge is -2.28. The first-order valence-electron chi connectivity index (χ1n) is 14.5. The van der Waals surface area contributed by atoms with Crippen LogP contribution < -0.4 is 31.3 Å². The van der Waals surface area contributed by atoms with Gasteiger partial charge in [-0.05, 0) is 64.3 Å². The summed E-state index contributed by atoms with van der Waals surface area (Å²) in [5, 5.41) is 14.4. The molecule has 0 aromatic heterocycles. The van der Waals surface area contributed by atoms with Gasteiger partial charge in [-0.15, -0.1) is 0 Å². The Labute approximate surface area is 250 Å². The first-order chi connectivity index (χ1) is 19.7. The molecule has 0 heterocycles. The molecule has 1 atom stereocenters. The maximum Gasteiger partial charge on any atom is 0.251 e. The largest absolute Gasteiger partial charge is 0.497 e. The summed E-state index contributed by atoms with van der Waals surface area (Å²) in [7, 11) is 1.57. The molecule has 0 aliphatic rings. The lowest BCUT2D eigenvalue weighted by atomic mass is 10.0. The minimum Gasteiger partial charge on any atom is -0.497 e. The van der Waals surface area contributed by atoms with Crippen LogP contribution in [0.5, 0.6) is 5.75 Å². The first-order valence-corrected chi connectivity index (χ1v) is 14.5. The molecular formula is C30H51N5O7. The SMILES string of the molecule is CCCC(=O)NC(C(=O)NCCOC(C)(C)OCCNC(=O)C(C)(C)NCCNC(=O)c1ccc(OC)cc1)C(C)C. The van der Waals surface area contributed by atoms with E-state index in [1.165, 1.54) is 0 Å². The number of amides is 4. The van der Waals surface area contributed by atoms with Crippen molar-refractivity contribution in [2.24, 2.45) is 5.92 Å². The quantitative estimate of drug-likeness (QED) is 0.113. The zero-order chi connectivity index (χ0) is 31.8. The predicted molar refractivity (Wildman–Crippen MR) is 161 cm³/mol. The Kier molecular flexibility index (Phi) is 16.1. The summed E-state index contributed by atoms with van der Waals surface area (Å²) in [5.41, 5.74) is -0.337. The monoisotopic (exact) mass is 593 g/mol. The minimum atomic E-state index is -0.932. The van der Waals surface area contributed by atoms with Gasteiger partial charge < -0.3 is 40.8 Å². The molecule has 5 N–H and O–H groups in total. The third-order valence-corrected chi connectivity index (χ3v) is 6.33. The van der Waals surface area contributed by atoms with Gasteiger partial charge in [-0.2, -0.15) is 0 Å². The van der Waals surface area contributed by atoms with Gasteiger partial charge in [0.25, 0.3) is 5.91 Å². The number of carbonyl (C=O) groups excluding carboxylic acids is 4. The van der Waals surface area contributed by atoms with Crippen LogP contribution in [0.3, 0.4) is 0 Å². The normalized spacial score (nSPS) is 12.4. The third-order valence-electron chi connectivity index (χ3n) is 6.33. The highest BCUT2D eigenvalue weighted by molar-refractivity contribution is 5.94. The van der Waals surface area contributed by atoms with E-state index in [-0.39, 0.29) is 55.8 Å². The summed E-state index contributed by atoms with van der Waals surface area (Å²) < 4.78 is 16.6. The Morgan fingerprint density at radius 3 is 1.98 bits per heavy atom. The molecule has 1 unspecified atom stereocenters. The molecule has 1 rings (SSSR count). The topological polar surface area (TPSA) is 156 Å². The van der Waals surface area contributed by atoms with Crippen molar-refractivity contribution in [2.75, 3.05) is 46.5 Å². The van der Waals surface area contributed by atoms with Gasteiger partial charge in [-0.1, -0.05) is 20.8 Å². The number of carbonyl (C=O) groups is 4. The molecule has 4 amide bonds.